The number of phenolic OH excluding ortho intramolecular Hbond substituents is 1. The van der Waals surface area contributed by atoms with Gasteiger partial charge in [0.05, 0.1) is 5.69 Å². The van der Waals surface area contributed by atoms with E-state index < -0.39 is 27.7 Å². The molecule has 1 aromatic carbocycles. The Morgan fingerprint density at radius 2 is 1.95 bits per heavy atom. The first-order valence-electron chi connectivity index (χ1n) is 5.51. The smallest absolute Gasteiger partial charge is 0.412 e. The topological polar surface area (TPSA) is 128 Å². The molecule has 0 bridgehead atoms. The number of nitrogens with two attached hydrogens (primary N) is 1. The van der Waals surface area contributed by atoms with Gasteiger partial charge in [-0.3, -0.25) is 5.32 Å². The third kappa shape index (κ3) is 5.76. The summed E-state index contributed by atoms with van der Waals surface area (Å²) in [6.45, 7) is 5.07. The van der Waals surface area contributed by atoms with Gasteiger partial charge < -0.3 is 14.0 Å². The molecule has 1 amide bonds. The number of amides is 1. The summed E-state index contributed by atoms with van der Waals surface area (Å²) in [4.78, 5) is 11.5. The standard InChI is InChI=1S/C11H16N2O6S/c1-11(2,3)18-10(15)13-8-5-4-7(6-9(8)14)19-20(12,16)17/h4-6,14H,1-3H3,(H,13,15)(H2,12,16,17). The lowest BCUT2D eigenvalue weighted by atomic mass is 10.2. The summed E-state index contributed by atoms with van der Waals surface area (Å²) in [5.41, 5.74) is -0.642. The van der Waals surface area contributed by atoms with E-state index in [2.05, 4.69) is 14.6 Å². The number of carbonyl (C=O) groups excluding carboxylic acids is 1. The summed E-state index contributed by atoms with van der Waals surface area (Å²) in [6.07, 6.45) is -0.757. The van der Waals surface area contributed by atoms with Crippen LogP contribution in [0.25, 0.3) is 0 Å². The monoisotopic (exact) mass is 304 g/mol. The Morgan fingerprint density at radius 3 is 2.40 bits per heavy atom. The van der Waals surface area contributed by atoms with Gasteiger partial charge in [0.25, 0.3) is 0 Å². The van der Waals surface area contributed by atoms with Crippen LogP contribution in [-0.4, -0.2) is 25.2 Å². The van der Waals surface area contributed by atoms with E-state index in [4.69, 9.17) is 4.74 Å². The Kier molecular flexibility index (Phi) is 4.46. The number of hydrogen-bond donors (Lipinski definition) is 3. The molecule has 0 aliphatic rings. The van der Waals surface area contributed by atoms with E-state index in [-0.39, 0.29) is 11.4 Å². The van der Waals surface area contributed by atoms with Crippen molar-refractivity contribution in [2.24, 2.45) is 5.14 Å². The summed E-state index contributed by atoms with van der Waals surface area (Å²) in [5.74, 6) is -0.572. The van der Waals surface area contributed by atoms with Crippen molar-refractivity contribution in [3.8, 4) is 11.5 Å². The minimum Gasteiger partial charge on any atom is -0.506 e. The first-order valence-corrected chi connectivity index (χ1v) is 6.99. The average Bonchev–Trinajstić information content (AvgIpc) is 2.17. The molecule has 0 unspecified atom stereocenters. The van der Waals surface area contributed by atoms with Gasteiger partial charge in [-0.2, -0.15) is 13.6 Å². The molecule has 0 fully saturated rings. The summed E-state index contributed by atoms with van der Waals surface area (Å²) in [6, 6.07) is 3.47. The largest absolute Gasteiger partial charge is 0.506 e. The van der Waals surface area contributed by atoms with Gasteiger partial charge >= 0.3 is 16.4 Å². The molecule has 1 aromatic rings. The molecular formula is C11H16N2O6S. The molecule has 0 saturated carbocycles. The maximum atomic E-state index is 11.5. The average molecular weight is 304 g/mol. The highest BCUT2D eigenvalue weighted by molar-refractivity contribution is 7.84. The molecule has 0 aliphatic heterocycles. The van der Waals surface area contributed by atoms with Crippen LogP contribution in [0.1, 0.15) is 20.8 Å². The Bertz CT molecular complexity index is 606. The predicted molar refractivity (Wildman–Crippen MR) is 71.7 cm³/mol. The van der Waals surface area contributed by atoms with Crippen molar-refractivity contribution in [2.75, 3.05) is 5.32 Å². The van der Waals surface area contributed by atoms with Crippen molar-refractivity contribution in [2.45, 2.75) is 26.4 Å². The molecule has 112 valence electrons. The number of aromatic hydroxyl groups is 1. The molecule has 20 heavy (non-hydrogen) atoms. The SMILES string of the molecule is CC(C)(C)OC(=O)Nc1ccc(OS(N)(=O)=O)cc1O. The number of benzene rings is 1. The zero-order valence-electron chi connectivity index (χ0n) is 11.2. The molecule has 0 radical (unpaired) electrons. The van der Waals surface area contributed by atoms with Crippen molar-refractivity contribution in [1.29, 1.82) is 0 Å². The van der Waals surface area contributed by atoms with Crippen LogP contribution < -0.4 is 14.6 Å². The Balaban J connectivity index is 2.81. The number of rotatable bonds is 3. The van der Waals surface area contributed by atoms with E-state index in [0.717, 1.165) is 6.07 Å². The van der Waals surface area contributed by atoms with Gasteiger partial charge in [-0.05, 0) is 32.9 Å². The lowest BCUT2D eigenvalue weighted by molar-refractivity contribution is 0.0635. The molecule has 0 spiro atoms. The number of nitrogens with one attached hydrogen (secondary N) is 1. The van der Waals surface area contributed by atoms with E-state index in [0.29, 0.717) is 0 Å². The zero-order valence-corrected chi connectivity index (χ0v) is 12.0. The van der Waals surface area contributed by atoms with Crippen molar-refractivity contribution in [3.05, 3.63) is 18.2 Å². The van der Waals surface area contributed by atoms with Gasteiger partial charge in [0, 0.05) is 6.07 Å². The summed E-state index contributed by atoms with van der Waals surface area (Å²) in [5, 5.41) is 16.6. The van der Waals surface area contributed by atoms with Crippen LogP contribution >= 0.6 is 0 Å². The molecule has 0 aliphatic carbocycles. The fourth-order valence-electron chi connectivity index (χ4n) is 1.22. The van der Waals surface area contributed by atoms with E-state index in [1.165, 1.54) is 12.1 Å². The number of phenols is 1. The van der Waals surface area contributed by atoms with Crippen LogP contribution in [0.15, 0.2) is 18.2 Å². The van der Waals surface area contributed by atoms with Gasteiger partial charge in [-0.25, -0.2) is 4.79 Å². The number of hydrogen-bond acceptors (Lipinski definition) is 6. The molecule has 0 aromatic heterocycles. The van der Waals surface area contributed by atoms with E-state index >= 15 is 0 Å². The fourth-order valence-corrected chi connectivity index (χ4v) is 1.59. The van der Waals surface area contributed by atoms with Gasteiger partial charge in [-0.15, -0.1) is 0 Å². The number of anilines is 1. The number of carbonyl (C=O) groups is 1. The predicted octanol–water partition coefficient (Wildman–Crippen LogP) is 1.32. The second-order valence-electron chi connectivity index (χ2n) is 4.88. The molecular weight excluding hydrogens is 288 g/mol. The highest BCUT2D eigenvalue weighted by Crippen LogP contribution is 2.28. The Morgan fingerprint density at radius 1 is 1.35 bits per heavy atom. The van der Waals surface area contributed by atoms with Gasteiger partial charge in [0.1, 0.15) is 17.1 Å². The van der Waals surface area contributed by atoms with Gasteiger partial charge in [-0.1, -0.05) is 0 Å². The third-order valence-corrected chi connectivity index (χ3v) is 2.24. The van der Waals surface area contributed by atoms with Gasteiger partial charge in [0.2, 0.25) is 0 Å². The van der Waals surface area contributed by atoms with Crippen LogP contribution in [0.5, 0.6) is 11.5 Å². The Hall–Kier alpha value is -2.00. The molecule has 0 atom stereocenters. The summed E-state index contributed by atoms with van der Waals surface area (Å²) < 4.78 is 30.8. The third-order valence-electron chi connectivity index (χ3n) is 1.82. The minimum atomic E-state index is -4.18. The van der Waals surface area contributed by atoms with E-state index in [9.17, 15) is 18.3 Å². The highest BCUT2D eigenvalue weighted by Gasteiger charge is 2.17. The normalized spacial score (nSPS) is 11.8. The van der Waals surface area contributed by atoms with Crippen molar-refractivity contribution >= 4 is 22.1 Å². The summed E-state index contributed by atoms with van der Waals surface area (Å²) >= 11 is 0. The van der Waals surface area contributed by atoms with Crippen LogP contribution in [-0.2, 0) is 15.0 Å². The molecule has 0 heterocycles. The summed E-state index contributed by atoms with van der Waals surface area (Å²) in [7, 11) is -4.18. The molecule has 0 saturated heterocycles. The van der Waals surface area contributed by atoms with Crippen LogP contribution in [0.3, 0.4) is 0 Å². The van der Waals surface area contributed by atoms with Crippen molar-refractivity contribution in [3.63, 3.8) is 0 Å². The van der Waals surface area contributed by atoms with Crippen LogP contribution in [0.2, 0.25) is 0 Å². The second kappa shape index (κ2) is 5.55. The van der Waals surface area contributed by atoms with E-state index in [1.807, 2.05) is 0 Å². The first-order chi connectivity index (χ1) is 8.96. The lowest BCUT2D eigenvalue weighted by Gasteiger charge is -2.20. The van der Waals surface area contributed by atoms with E-state index in [1.54, 1.807) is 20.8 Å². The molecule has 4 N–H and O–H groups in total. The Labute approximate surface area is 116 Å². The van der Waals surface area contributed by atoms with Crippen LogP contribution in [0.4, 0.5) is 10.5 Å². The van der Waals surface area contributed by atoms with Crippen molar-refractivity contribution < 1.29 is 27.2 Å². The second-order valence-corrected chi connectivity index (χ2v) is 6.03. The quantitative estimate of drug-likeness (QED) is 0.722. The molecule has 9 heteroatoms. The molecule has 8 nitrogen and oxygen atoms in total. The van der Waals surface area contributed by atoms with Crippen molar-refractivity contribution in [1.82, 2.24) is 0 Å². The minimum absolute atomic E-state index is 0.0426. The first kappa shape index (κ1) is 16.1. The zero-order chi connectivity index (χ0) is 15.6. The maximum Gasteiger partial charge on any atom is 0.412 e. The maximum absolute atomic E-state index is 11.5. The van der Waals surface area contributed by atoms with Crippen LogP contribution in [0, 0.1) is 0 Å². The number of ether oxygens (including phenoxy) is 1. The molecule has 1 rings (SSSR count). The highest BCUT2D eigenvalue weighted by atomic mass is 32.2. The van der Waals surface area contributed by atoms with Gasteiger partial charge in [0.15, 0.2) is 0 Å². The lowest BCUT2D eigenvalue weighted by Crippen LogP contribution is -2.27. The fraction of sp³-hybridized carbons (Fsp3) is 0.364.